The minimum atomic E-state index is -0.517. The summed E-state index contributed by atoms with van der Waals surface area (Å²) in [7, 11) is 0. The molecule has 0 rings (SSSR count). The number of rotatable bonds is 3. The molecule has 0 radical (unpaired) electrons. The van der Waals surface area contributed by atoms with Crippen LogP contribution in [0.5, 0.6) is 0 Å². The van der Waals surface area contributed by atoms with Crippen LogP contribution in [0.4, 0.5) is 4.39 Å². The van der Waals surface area contributed by atoms with Gasteiger partial charge in [-0.15, -0.1) is 0 Å². The van der Waals surface area contributed by atoms with E-state index in [1.54, 1.807) is 6.08 Å². The lowest BCUT2D eigenvalue weighted by molar-refractivity contribution is 0.464. The first-order valence-corrected chi connectivity index (χ1v) is 2.89. The molecule has 0 aromatic heterocycles. The lowest BCUT2D eigenvalue weighted by atomic mass is 10.2. The first-order chi connectivity index (χ1) is 4.20. The van der Waals surface area contributed by atoms with Crippen LogP contribution in [0, 0.1) is 0 Å². The van der Waals surface area contributed by atoms with Crippen LogP contribution in [0.25, 0.3) is 0 Å². The molecule has 9 heavy (non-hydrogen) atoms. The molecule has 0 bridgehead atoms. The quantitative estimate of drug-likeness (QED) is 0.538. The van der Waals surface area contributed by atoms with Gasteiger partial charge in [-0.1, -0.05) is 11.6 Å². The smallest absolute Gasteiger partial charge is 0.108 e. The van der Waals surface area contributed by atoms with Gasteiger partial charge in [0, 0.05) is 6.54 Å². The van der Waals surface area contributed by atoms with Crippen molar-refractivity contribution in [3.05, 3.63) is 11.6 Å². The maximum Gasteiger partial charge on any atom is 0.108 e. The fourth-order valence-electron chi connectivity index (χ4n) is 0.478. The van der Waals surface area contributed by atoms with Crippen LogP contribution in [-0.4, -0.2) is 19.3 Å². The zero-order chi connectivity index (χ0) is 7.28. The maximum absolute atomic E-state index is 11.7. The minimum Gasteiger partial charge on any atom is -0.327 e. The van der Waals surface area contributed by atoms with Crippen molar-refractivity contribution in [3.8, 4) is 0 Å². The number of halogens is 1. The molecule has 0 fully saturated rings. The summed E-state index contributed by atoms with van der Waals surface area (Å²) < 4.78 is 11.7. The lowest BCUT2D eigenvalue weighted by Crippen LogP contribution is -2.20. The SMILES string of the molecule is CC(=CC(N)CF)CN. The fourth-order valence-corrected chi connectivity index (χ4v) is 0.478. The molecular formula is C6H13FN2. The molecule has 2 nitrogen and oxygen atoms in total. The minimum absolute atomic E-state index is 0.452. The van der Waals surface area contributed by atoms with Gasteiger partial charge in [0.1, 0.15) is 6.67 Å². The first kappa shape index (κ1) is 8.59. The van der Waals surface area contributed by atoms with Crippen LogP contribution >= 0.6 is 0 Å². The summed E-state index contributed by atoms with van der Waals surface area (Å²) in [6.07, 6.45) is 1.64. The van der Waals surface area contributed by atoms with E-state index in [0.29, 0.717) is 6.54 Å². The van der Waals surface area contributed by atoms with Crippen molar-refractivity contribution in [2.45, 2.75) is 13.0 Å². The van der Waals surface area contributed by atoms with Gasteiger partial charge < -0.3 is 11.5 Å². The van der Waals surface area contributed by atoms with Crippen LogP contribution in [0.2, 0.25) is 0 Å². The summed E-state index contributed by atoms with van der Waals surface area (Å²) in [4.78, 5) is 0. The lowest BCUT2D eigenvalue weighted by Gasteiger charge is -2.00. The second kappa shape index (κ2) is 4.47. The molecule has 0 saturated heterocycles. The van der Waals surface area contributed by atoms with Crippen molar-refractivity contribution in [2.24, 2.45) is 11.5 Å². The third-order valence-electron chi connectivity index (χ3n) is 0.999. The first-order valence-electron chi connectivity index (χ1n) is 2.89. The number of hydrogen-bond donors (Lipinski definition) is 2. The summed E-state index contributed by atoms with van der Waals surface area (Å²) in [5.74, 6) is 0. The van der Waals surface area contributed by atoms with Gasteiger partial charge in [0.15, 0.2) is 0 Å². The van der Waals surface area contributed by atoms with E-state index >= 15 is 0 Å². The van der Waals surface area contributed by atoms with Gasteiger partial charge in [0.05, 0.1) is 6.04 Å². The Morgan fingerprint density at radius 3 is 2.67 bits per heavy atom. The molecule has 0 aliphatic rings. The zero-order valence-electron chi connectivity index (χ0n) is 5.60. The van der Waals surface area contributed by atoms with Crippen molar-refractivity contribution in [1.29, 1.82) is 0 Å². The summed E-state index contributed by atoms with van der Waals surface area (Å²) in [6.45, 7) is 1.76. The Hall–Kier alpha value is -0.410. The highest BCUT2D eigenvalue weighted by molar-refractivity contribution is 5.04. The van der Waals surface area contributed by atoms with E-state index in [1.165, 1.54) is 0 Å². The molecule has 54 valence electrons. The molecule has 0 spiro atoms. The Labute approximate surface area is 54.7 Å². The van der Waals surface area contributed by atoms with Gasteiger partial charge >= 0.3 is 0 Å². The van der Waals surface area contributed by atoms with Crippen LogP contribution in [0.1, 0.15) is 6.92 Å². The molecular weight excluding hydrogens is 119 g/mol. The third-order valence-corrected chi connectivity index (χ3v) is 0.999. The van der Waals surface area contributed by atoms with E-state index in [4.69, 9.17) is 11.5 Å². The number of alkyl halides is 1. The topological polar surface area (TPSA) is 52.0 Å². The van der Waals surface area contributed by atoms with Crippen molar-refractivity contribution >= 4 is 0 Å². The largest absolute Gasteiger partial charge is 0.327 e. The predicted octanol–water partition coefficient (Wildman–Crippen LogP) is 0.188. The molecule has 4 N–H and O–H groups in total. The highest BCUT2D eigenvalue weighted by Crippen LogP contribution is 1.91. The van der Waals surface area contributed by atoms with Crippen molar-refractivity contribution in [3.63, 3.8) is 0 Å². The normalized spacial score (nSPS) is 15.8. The van der Waals surface area contributed by atoms with Crippen LogP contribution in [0.15, 0.2) is 11.6 Å². The molecule has 0 amide bonds. The summed E-state index contributed by atoms with van der Waals surface area (Å²) in [6, 6.07) is -0.478. The number of nitrogens with two attached hydrogens (primary N) is 2. The molecule has 0 aromatic carbocycles. The highest BCUT2D eigenvalue weighted by atomic mass is 19.1. The third kappa shape index (κ3) is 4.12. The van der Waals surface area contributed by atoms with Crippen molar-refractivity contribution in [2.75, 3.05) is 13.2 Å². The molecule has 0 heterocycles. The standard InChI is InChI=1S/C6H13FN2/c1-5(4-8)2-6(9)3-7/h2,6H,3-4,8-9H2,1H3. The van der Waals surface area contributed by atoms with E-state index in [9.17, 15) is 4.39 Å². The van der Waals surface area contributed by atoms with Gasteiger partial charge in [-0.25, -0.2) is 4.39 Å². The molecule has 0 aliphatic carbocycles. The van der Waals surface area contributed by atoms with Crippen LogP contribution in [0.3, 0.4) is 0 Å². The maximum atomic E-state index is 11.7. The van der Waals surface area contributed by atoms with Crippen LogP contribution in [-0.2, 0) is 0 Å². The average molecular weight is 132 g/mol. The average Bonchev–Trinajstić information content (AvgIpc) is 1.87. The highest BCUT2D eigenvalue weighted by Gasteiger charge is 1.94. The second-order valence-corrected chi connectivity index (χ2v) is 2.04. The Morgan fingerprint density at radius 2 is 2.33 bits per heavy atom. The number of hydrogen-bond acceptors (Lipinski definition) is 2. The summed E-state index contributed by atoms with van der Waals surface area (Å²) in [5.41, 5.74) is 11.4. The van der Waals surface area contributed by atoms with Crippen molar-refractivity contribution in [1.82, 2.24) is 0 Å². The Kier molecular flexibility index (Phi) is 4.26. The van der Waals surface area contributed by atoms with Gasteiger partial charge in [-0.3, -0.25) is 0 Å². The summed E-state index contributed by atoms with van der Waals surface area (Å²) >= 11 is 0. The van der Waals surface area contributed by atoms with E-state index < -0.39 is 12.7 Å². The van der Waals surface area contributed by atoms with Gasteiger partial charge in [-0.2, -0.15) is 0 Å². The Morgan fingerprint density at radius 1 is 1.78 bits per heavy atom. The van der Waals surface area contributed by atoms with Crippen LogP contribution < -0.4 is 11.5 Å². The van der Waals surface area contributed by atoms with E-state index in [-0.39, 0.29) is 0 Å². The molecule has 0 aromatic rings. The summed E-state index contributed by atoms with van der Waals surface area (Å²) in [5, 5.41) is 0. The molecule has 0 aliphatic heterocycles. The van der Waals surface area contributed by atoms with Gasteiger partial charge in [0.25, 0.3) is 0 Å². The predicted molar refractivity (Wildman–Crippen MR) is 36.8 cm³/mol. The molecule has 0 saturated carbocycles. The van der Waals surface area contributed by atoms with E-state index in [1.807, 2.05) is 6.92 Å². The Bertz CT molecular complexity index is 101. The second-order valence-electron chi connectivity index (χ2n) is 2.04. The zero-order valence-corrected chi connectivity index (χ0v) is 5.60. The molecule has 1 atom stereocenters. The van der Waals surface area contributed by atoms with E-state index in [2.05, 4.69) is 0 Å². The monoisotopic (exact) mass is 132 g/mol. The molecule has 3 heteroatoms. The van der Waals surface area contributed by atoms with E-state index in [0.717, 1.165) is 5.57 Å². The Balaban J connectivity index is 3.64. The fraction of sp³-hybridized carbons (Fsp3) is 0.667. The van der Waals surface area contributed by atoms with Gasteiger partial charge in [-0.05, 0) is 6.92 Å². The van der Waals surface area contributed by atoms with Gasteiger partial charge in [0.2, 0.25) is 0 Å². The molecule has 1 unspecified atom stereocenters. The van der Waals surface area contributed by atoms with Crippen molar-refractivity contribution < 1.29 is 4.39 Å².